The number of para-hydroxylation sites is 2. The van der Waals surface area contributed by atoms with Crippen molar-refractivity contribution in [3.05, 3.63) is 48.5 Å². The van der Waals surface area contributed by atoms with Crippen molar-refractivity contribution in [2.75, 3.05) is 5.48 Å². The van der Waals surface area contributed by atoms with Gasteiger partial charge in [-0.2, -0.15) is 0 Å². The van der Waals surface area contributed by atoms with E-state index in [1.54, 1.807) is 0 Å². The van der Waals surface area contributed by atoms with Crippen molar-refractivity contribution in [2.45, 2.75) is 40.2 Å². The van der Waals surface area contributed by atoms with Crippen LogP contribution >= 0.6 is 0 Å². The first-order valence-electron chi connectivity index (χ1n) is 7.86. The highest BCUT2D eigenvalue weighted by Crippen LogP contribution is 2.30. The molecule has 0 amide bonds. The van der Waals surface area contributed by atoms with Crippen LogP contribution in [0.25, 0.3) is 21.8 Å². The normalized spacial score (nSPS) is 10.6. The Kier molecular flexibility index (Phi) is 5.73. The molecule has 3 rings (SSSR count). The molecule has 0 aliphatic heterocycles. The van der Waals surface area contributed by atoms with Gasteiger partial charge in [0.25, 0.3) is 0 Å². The van der Waals surface area contributed by atoms with Crippen LogP contribution in [0.15, 0.2) is 48.5 Å². The van der Waals surface area contributed by atoms with Crippen molar-refractivity contribution in [3.8, 4) is 0 Å². The van der Waals surface area contributed by atoms with Gasteiger partial charge in [-0.3, -0.25) is 10.3 Å². The highest BCUT2D eigenvalue weighted by molar-refractivity contribution is 6.06. The fourth-order valence-corrected chi connectivity index (χ4v) is 2.13. The third kappa shape index (κ3) is 3.74. The van der Waals surface area contributed by atoms with Gasteiger partial charge in [-0.05, 0) is 26.0 Å². The van der Waals surface area contributed by atoms with Crippen LogP contribution in [0.2, 0.25) is 0 Å². The third-order valence-corrected chi connectivity index (χ3v) is 2.98. The number of nitrogens with one attached hydrogen (secondary N) is 1. The van der Waals surface area contributed by atoms with Crippen molar-refractivity contribution in [3.63, 3.8) is 0 Å². The maximum absolute atomic E-state index is 5.57. The Morgan fingerprint density at radius 1 is 0.909 bits per heavy atom. The molecule has 0 radical (unpaired) electrons. The summed E-state index contributed by atoms with van der Waals surface area (Å²) >= 11 is 0. The summed E-state index contributed by atoms with van der Waals surface area (Å²) in [4.78, 5) is 10.2. The molecule has 1 aromatic heterocycles. The first kappa shape index (κ1) is 16.2. The summed E-state index contributed by atoms with van der Waals surface area (Å²) in [6, 6.07) is 16.2. The molecule has 1 heterocycles. The minimum Gasteiger partial charge on any atom is -0.273 e. The summed E-state index contributed by atoms with van der Waals surface area (Å²) in [5, 5.41) is 2.14. The van der Waals surface area contributed by atoms with E-state index >= 15 is 0 Å². The molecule has 3 aromatic rings. The quantitative estimate of drug-likeness (QED) is 0.508. The number of benzene rings is 2. The van der Waals surface area contributed by atoms with Crippen molar-refractivity contribution in [1.82, 2.24) is 4.98 Å². The van der Waals surface area contributed by atoms with Gasteiger partial charge < -0.3 is 0 Å². The predicted molar refractivity (Wildman–Crippen MR) is 95.1 cm³/mol. The second-order valence-corrected chi connectivity index (χ2v) is 5.50. The van der Waals surface area contributed by atoms with E-state index in [0.717, 1.165) is 27.5 Å². The van der Waals surface area contributed by atoms with E-state index in [4.69, 9.17) is 4.84 Å². The van der Waals surface area contributed by atoms with E-state index in [-0.39, 0.29) is 6.10 Å². The highest BCUT2D eigenvalue weighted by Gasteiger charge is 2.08. The molecule has 3 nitrogen and oxygen atoms in total. The van der Waals surface area contributed by atoms with Crippen LogP contribution in [0, 0.1) is 0 Å². The molecular weight excluding hydrogens is 272 g/mol. The van der Waals surface area contributed by atoms with Crippen molar-refractivity contribution in [1.29, 1.82) is 0 Å². The molecule has 0 bridgehead atoms. The number of hydrogen-bond donors (Lipinski definition) is 1. The van der Waals surface area contributed by atoms with E-state index in [0.29, 0.717) is 0 Å². The van der Waals surface area contributed by atoms with Crippen LogP contribution < -0.4 is 5.48 Å². The summed E-state index contributed by atoms with van der Waals surface area (Å²) < 4.78 is 0. The SMILES string of the molecule is CC(C)ONc1c2ccccc2nc2ccccc12.CCC. The number of pyridine rings is 1. The zero-order valence-corrected chi connectivity index (χ0v) is 13.8. The second-order valence-electron chi connectivity index (χ2n) is 5.50. The van der Waals surface area contributed by atoms with Crippen LogP contribution in [0.4, 0.5) is 5.69 Å². The van der Waals surface area contributed by atoms with E-state index in [1.807, 2.05) is 50.2 Å². The largest absolute Gasteiger partial charge is 0.273 e. The average Bonchev–Trinajstić information content (AvgIpc) is 2.52. The van der Waals surface area contributed by atoms with Gasteiger partial charge in [-0.1, -0.05) is 56.7 Å². The Balaban J connectivity index is 0.000000545. The lowest BCUT2D eigenvalue weighted by Crippen LogP contribution is -2.09. The van der Waals surface area contributed by atoms with Crippen molar-refractivity contribution < 1.29 is 4.84 Å². The molecule has 0 atom stereocenters. The molecule has 3 heteroatoms. The van der Waals surface area contributed by atoms with Gasteiger partial charge in [0.05, 0.1) is 22.8 Å². The van der Waals surface area contributed by atoms with Crippen LogP contribution in [0.5, 0.6) is 0 Å². The Morgan fingerprint density at radius 2 is 1.36 bits per heavy atom. The molecule has 0 saturated carbocycles. The summed E-state index contributed by atoms with van der Waals surface area (Å²) in [5.74, 6) is 0. The molecule has 0 spiro atoms. The van der Waals surface area contributed by atoms with Crippen LogP contribution in [-0.2, 0) is 4.84 Å². The van der Waals surface area contributed by atoms with E-state index in [1.165, 1.54) is 6.42 Å². The lowest BCUT2D eigenvalue weighted by molar-refractivity contribution is 0.131. The average molecular weight is 296 g/mol. The first-order chi connectivity index (χ1) is 10.7. The van der Waals surface area contributed by atoms with Gasteiger partial charge in [0.2, 0.25) is 0 Å². The minimum absolute atomic E-state index is 0.116. The summed E-state index contributed by atoms with van der Waals surface area (Å²) in [6.45, 7) is 8.25. The van der Waals surface area contributed by atoms with Gasteiger partial charge in [-0.25, -0.2) is 4.98 Å². The maximum atomic E-state index is 5.57. The molecular formula is C19H24N2O. The lowest BCUT2D eigenvalue weighted by atomic mass is 10.1. The molecule has 2 aromatic carbocycles. The van der Waals surface area contributed by atoms with Crippen LogP contribution in [-0.4, -0.2) is 11.1 Å². The second kappa shape index (κ2) is 7.76. The fraction of sp³-hybridized carbons (Fsp3) is 0.316. The standard InChI is InChI=1S/C16H16N2O.C3H8/c1-11(2)19-18-16-12-7-3-5-9-14(12)17-15-10-6-4-8-13(15)16;1-3-2/h3-11H,1-2H3,(H,17,18);3H2,1-2H3. The molecule has 0 unspecified atom stereocenters. The highest BCUT2D eigenvalue weighted by atomic mass is 16.7. The number of rotatable bonds is 3. The van der Waals surface area contributed by atoms with Gasteiger partial charge >= 0.3 is 0 Å². The topological polar surface area (TPSA) is 34.1 Å². The predicted octanol–water partition coefficient (Wildman–Crippen LogP) is 5.56. The minimum atomic E-state index is 0.116. The van der Waals surface area contributed by atoms with Crippen molar-refractivity contribution >= 4 is 27.5 Å². The monoisotopic (exact) mass is 296 g/mol. The van der Waals surface area contributed by atoms with Gasteiger partial charge in [-0.15, -0.1) is 0 Å². The Labute approximate surface area is 132 Å². The molecule has 0 aliphatic carbocycles. The third-order valence-electron chi connectivity index (χ3n) is 2.98. The Hall–Kier alpha value is -2.13. The van der Waals surface area contributed by atoms with E-state index < -0.39 is 0 Å². The molecule has 116 valence electrons. The number of fused-ring (bicyclic) bond motifs is 2. The molecule has 0 aliphatic rings. The number of hydrogen-bond acceptors (Lipinski definition) is 3. The Bertz CT molecular complexity index is 684. The first-order valence-corrected chi connectivity index (χ1v) is 7.86. The number of nitrogens with zero attached hydrogens (tertiary/aromatic N) is 1. The van der Waals surface area contributed by atoms with E-state index in [9.17, 15) is 0 Å². The Morgan fingerprint density at radius 3 is 1.82 bits per heavy atom. The number of anilines is 1. The molecule has 0 saturated heterocycles. The summed E-state index contributed by atoms with van der Waals surface area (Å²) in [5.41, 5.74) is 6.01. The lowest BCUT2D eigenvalue weighted by Gasteiger charge is -2.14. The maximum Gasteiger partial charge on any atom is 0.0797 e. The van der Waals surface area contributed by atoms with Crippen molar-refractivity contribution in [2.24, 2.45) is 0 Å². The zero-order chi connectivity index (χ0) is 15.9. The number of aromatic nitrogens is 1. The molecule has 22 heavy (non-hydrogen) atoms. The van der Waals surface area contributed by atoms with Gasteiger partial charge in [0.1, 0.15) is 0 Å². The smallest absolute Gasteiger partial charge is 0.0797 e. The summed E-state index contributed by atoms with van der Waals surface area (Å²) in [6.07, 6.45) is 1.37. The molecule has 0 fully saturated rings. The zero-order valence-electron chi connectivity index (χ0n) is 13.8. The summed E-state index contributed by atoms with van der Waals surface area (Å²) in [7, 11) is 0. The fourth-order valence-electron chi connectivity index (χ4n) is 2.13. The van der Waals surface area contributed by atoms with E-state index in [2.05, 4.69) is 36.4 Å². The van der Waals surface area contributed by atoms with Gasteiger partial charge in [0, 0.05) is 10.8 Å². The van der Waals surface area contributed by atoms with Crippen LogP contribution in [0.1, 0.15) is 34.1 Å². The molecule has 1 N–H and O–H groups in total. The van der Waals surface area contributed by atoms with Gasteiger partial charge in [0.15, 0.2) is 0 Å². The van der Waals surface area contributed by atoms with Crippen LogP contribution in [0.3, 0.4) is 0 Å².